The molecule has 0 saturated heterocycles. The number of rotatable bonds is 3. The van der Waals surface area contributed by atoms with Crippen molar-refractivity contribution >= 4 is 11.5 Å². The molecule has 0 saturated carbocycles. The first kappa shape index (κ1) is 11.1. The molecule has 0 bridgehead atoms. The first-order chi connectivity index (χ1) is 8.33. The molecule has 0 aromatic heterocycles. The number of carbonyl (C=O) groups excluding carboxylic acids is 1. The summed E-state index contributed by atoms with van der Waals surface area (Å²) in [5.74, 6) is -0.292. The summed E-state index contributed by atoms with van der Waals surface area (Å²) < 4.78 is 0. The number of ketones is 1. The first-order valence-corrected chi connectivity index (χ1v) is 5.20. The van der Waals surface area contributed by atoms with E-state index in [1.165, 1.54) is 0 Å². The number of carbonyl (C=O) groups is 1. The van der Waals surface area contributed by atoms with Crippen molar-refractivity contribution in [1.82, 2.24) is 0 Å². The average Bonchev–Trinajstić information content (AvgIpc) is 2.42. The van der Waals surface area contributed by atoms with E-state index in [0.29, 0.717) is 11.1 Å². The van der Waals surface area contributed by atoms with E-state index in [1.807, 2.05) is 12.1 Å². The van der Waals surface area contributed by atoms with E-state index in [-0.39, 0.29) is 11.5 Å². The SMILES string of the molecule is O=C(/C(=N\O)c1ccccc1)c1ccccc1. The molecule has 17 heavy (non-hydrogen) atoms. The van der Waals surface area contributed by atoms with Gasteiger partial charge in [-0.2, -0.15) is 0 Å². The third-order valence-electron chi connectivity index (χ3n) is 2.40. The van der Waals surface area contributed by atoms with Gasteiger partial charge in [-0.1, -0.05) is 65.8 Å². The van der Waals surface area contributed by atoms with Crippen LogP contribution in [0.1, 0.15) is 15.9 Å². The molecule has 0 aliphatic heterocycles. The van der Waals surface area contributed by atoms with Crippen molar-refractivity contribution < 1.29 is 10.0 Å². The van der Waals surface area contributed by atoms with Crippen LogP contribution in [0.2, 0.25) is 0 Å². The highest BCUT2D eigenvalue weighted by atomic mass is 16.4. The topological polar surface area (TPSA) is 49.7 Å². The molecule has 2 rings (SSSR count). The van der Waals surface area contributed by atoms with Crippen molar-refractivity contribution in [2.45, 2.75) is 0 Å². The second-order valence-corrected chi connectivity index (χ2v) is 3.51. The maximum absolute atomic E-state index is 12.1. The fourth-order valence-corrected chi connectivity index (χ4v) is 1.56. The predicted molar refractivity (Wildman–Crippen MR) is 65.5 cm³/mol. The zero-order valence-electron chi connectivity index (χ0n) is 9.08. The number of Topliss-reactive ketones (excluding diaryl/α,β-unsaturated/α-hetero) is 1. The van der Waals surface area contributed by atoms with E-state index in [4.69, 9.17) is 5.21 Å². The summed E-state index contributed by atoms with van der Waals surface area (Å²) in [5.41, 5.74) is 1.16. The van der Waals surface area contributed by atoms with Crippen molar-refractivity contribution in [3.63, 3.8) is 0 Å². The van der Waals surface area contributed by atoms with Crippen molar-refractivity contribution in [3.05, 3.63) is 71.8 Å². The van der Waals surface area contributed by atoms with Gasteiger partial charge in [-0.3, -0.25) is 4.79 Å². The number of hydrogen-bond donors (Lipinski definition) is 1. The van der Waals surface area contributed by atoms with Crippen LogP contribution in [0.4, 0.5) is 0 Å². The van der Waals surface area contributed by atoms with Gasteiger partial charge < -0.3 is 5.21 Å². The Hall–Kier alpha value is -2.42. The van der Waals surface area contributed by atoms with Crippen molar-refractivity contribution in [3.8, 4) is 0 Å². The van der Waals surface area contributed by atoms with Gasteiger partial charge in [0.2, 0.25) is 5.78 Å². The molecule has 2 aromatic carbocycles. The van der Waals surface area contributed by atoms with Crippen LogP contribution in [-0.4, -0.2) is 16.7 Å². The van der Waals surface area contributed by atoms with E-state index in [1.54, 1.807) is 48.5 Å². The summed E-state index contributed by atoms with van der Waals surface area (Å²) in [6.45, 7) is 0. The third-order valence-corrected chi connectivity index (χ3v) is 2.40. The molecule has 1 N–H and O–H groups in total. The maximum Gasteiger partial charge on any atom is 0.215 e. The molecular formula is C14H11NO2. The molecule has 0 atom stereocenters. The van der Waals surface area contributed by atoms with E-state index in [0.717, 1.165) is 0 Å². The molecule has 0 aliphatic carbocycles. The Balaban J connectivity index is 2.37. The molecule has 2 aromatic rings. The fourth-order valence-electron chi connectivity index (χ4n) is 1.56. The zero-order valence-corrected chi connectivity index (χ0v) is 9.08. The van der Waals surface area contributed by atoms with E-state index in [9.17, 15) is 4.79 Å². The Morgan fingerprint density at radius 2 is 1.29 bits per heavy atom. The third kappa shape index (κ3) is 2.39. The van der Waals surface area contributed by atoms with E-state index >= 15 is 0 Å². The zero-order chi connectivity index (χ0) is 12.1. The van der Waals surface area contributed by atoms with Crippen LogP contribution in [0.25, 0.3) is 0 Å². The van der Waals surface area contributed by atoms with Gasteiger partial charge in [0.15, 0.2) is 5.71 Å². The van der Waals surface area contributed by atoms with E-state index in [2.05, 4.69) is 5.16 Å². The first-order valence-electron chi connectivity index (χ1n) is 5.20. The smallest absolute Gasteiger partial charge is 0.215 e. The monoisotopic (exact) mass is 225 g/mol. The van der Waals surface area contributed by atoms with Gasteiger partial charge in [0.25, 0.3) is 0 Å². The highest BCUT2D eigenvalue weighted by Crippen LogP contribution is 2.08. The lowest BCUT2D eigenvalue weighted by molar-refractivity contribution is 0.106. The summed E-state index contributed by atoms with van der Waals surface area (Å²) >= 11 is 0. The number of oxime groups is 1. The second kappa shape index (κ2) is 5.07. The fraction of sp³-hybridized carbons (Fsp3) is 0. The quantitative estimate of drug-likeness (QED) is 0.378. The molecule has 3 heteroatoms. The Labute approximate surface area is 99.0 Å². The van der Waals surface area contributed by atoms with Crippen LogP contribution in [-0.2, 0) is 0 Å². The van der Waals surface area contributed by atoms with Gasteiger partial charge in [0.05, 0.1) is 0 Å². The van der Waals surface area contributed by atoms with Gasteiger partial charge in [0.1, 0.15) is 0 Å². The van der Waals surface area contributed by atoms with Crippen LogP contribution in [0, 0.1) is 0 Å². The molecule has 0 amide bonds. The standard InChI is InChI=1S/C14H11NO2/c16-14(12-9-5-2-6-10-12)13(15-17)11-7-3-1-4-8-11/h1-10,17H/b15-13-. The summed E-state index contributed by atoms with van der Waals surface area (Å²) in [7, 11) is 0. The van der Waals surface area contributed by atoms with Crippen molar-refractivity contribution in [1.29, 1.82) is 0 Å². The number of benzene rings is 2. The van der Waals surface area contributed by atoms with E-state index < -0.39 is 0 Å². The summed E-state index contributed by atoms with van der Waals surface area (Å²) in [5, 5.41) is 12.1. The minimum atomic E-state index is -0.292. The molecule has 84 valence electrons. The minimum Gasteiger partial charge on any atom is -0.410 e. The molecule has 0 aliphatic rings. The van der Waals surface area contributed by atoms with Gasteiger partial charge in [-0.05, 0) is 0 Å². The predicted octanol–water partition coefficient (Wildman–Crippen LogP) is 2.75. The van der Waals surface area contributed by atoms with Gasteiger partial charge >= 0.3 is 0 Å². The number of hydrogen-bond acceptors (Lipinski definition) is 3. The average molecular weight is 225 g/mol. The van der Waals surface area contributed by atoms with Crippen molar-refractivity contribution in [2.24, 2.45) is 5.16 Å². The lowest BCUT2D eigenvalue weighted by Crippen LogP contribution is -2.15. The van der Waals surface area contributed by atoms with Crippen LogP contribution in [0.3, 0.4) is 0 Å². The second-order valence-electron chi connectivity index (χ2n) is 3.51. The Bertz CT molecular complexity index is 533. The van der Waals surface area contributed by atoms with Gasteiger partial charge in [-0.15, -0.1) is 0 Å². The van der Waals surface area contributed by atoms with Gasteiger partial charge in [-0.25, -0.2) is 0 Å². The normalized spacial score (nSPS) is 11.2. The minimum absolute atomic E-state index is 0.0526. The maximum atomic E-state index is 12.1. The number of nitrogens with zero attached hydrogens (tertiary/aromatic N) is 1. The molecule has 0 spiro atoms. The summed E-state index contributed by atoms with van der Waals surface area (Å²) in [6.07, 6.45) is 0. The van der Waals surface area contributed by atoms with Crippen LogP contribution < -0.4 is 0 Å². The van der Waals surface area contributed by atoms with Crippen LogP contribution in [0.15, 0.2) is 65.8 Å². The Morgan fingerprint density at radius 1 is 0.824 bits per heavy atom. The molecule has 0 radical (unpaired) electrons. The lowest BCUT2D eigenvalue weighted by Gasteiger charge is -2.03. The van der Waals surface area contributed by atoms with Gasteiger partial charge in [0, 0.05) is 11.1 Å². The van der Waals surface area contributed by atoms with Crippen LogP contribution >= 0.6 is 0 Å². The van der Waals surface area contributed by atoms with Crippen molar-refractivity contribution in [2.75, 3.05) is 0 Å². The molecule has 0 fully saturated rings. The molecule has 3 nitrogen and oxygen atoms in total. The summed E-state index contributed by atoms with van der Waals surface area (Å²) in [4.78, 5) is 12.1. The molecule has 0 unspecified atom stereocenters. The largest absolute Gasteiger partial charge is 0.410 e. The molecule has 0 heterocycles. The Kier molecular flexibility index (Phi) is 3.31. The Morgan fingerprint density at radius 3 is 1.76 bits per heavy atom. The lowest BCUT2D eigenvalue weighted by atomic mass is 10.0. The summed E-state index contributed by atoms with van der Waals surface area (Å²) in [6, 6.07) is 17.6. The highest BCUT2D eigenvalue weighted by Gasteiger charge is 2.15. The van der Waals surface area contributed by atoms with Crippen LogP contribution in [0.5, 0.6) is 0 Å². The molecular weight excluding hydrogens is 214 g/mol. The highest BCUT2D eigenvalue weighted by molar-refractivity contribution is 6.51.